The molecule has 2 nitrogen and oxygen atoms in total. The van der Waals surface area contributed by atoms with E-state index in [1.165, 1.54) is 12.1 Å². The highest BCUT2D eigenvalue weighted by Crippen LogP contribution is 2.15. The summed E-state index contributed by atoms with van der Waals surface area (Å²) in [5.74, 6) is -0.608. The number of ketones is 1. The molecule has 100 valence electrons. The third-order valence-corrected chi connectivity index (χ3v) is 2.55. The van der Waals surface area contributed by atoms with Crippen molar-refractivity contribution in [1.29, 1.82) is 0 Å². The summed E-state index contributed by atoms with van der Waals surface area (Å²) in [6.07, 6.45) is -2.42. The largest absolute Gasteiger partial charge is 0.375 e. The zero-order chi connectivity index (χ0) is 13.5. The number of hydrogen-bond acceptors (Lipinski definition) is 2. The van der Waals surface area contributed by atoms with E-state index in [1.807, 2.05) is 0 Å². The maximum Gasteiger partial charge on any atom is 0.261 e. The fourth-order valence-corrected chi connectivity index (χ4v) is 1.90. The Labute approximate surface area is 111 Å². The van der Waals surface area contributed by atoms with Crippen LogP contribution in [0, 0.1) is 5.82 Å². The van der Waals surface area contributed by atoms with Crippen LogP contribution in [-0.2, 0) is 16.0 Å². The van der Waals surface area contributed by atoms with Crippen LogP contribution in [0.5, 0.6) is 0 Å². The van der Waals surface area contributed by atoms with E-state index in [2.05, 4.69) is 20.7 Å². The lowest BCUT2D eigenvalue weighted by Gasteiger charge is -2.04. The first-order valence-electron chi connectivity index (χ1n) is 5.30. The van der Waals surface area contributed by atoms with Gasteiger partial charge in [-0.3, -0.25) is 4.79 Å². The second-order valence-electron chi connectivity index (χ2n) is 3.71. The first-order valence-corrected chi connectivity index (χ1v) is 6.09. The third-order valence-electron chi connectivity index (χ3n) is 2.09. The highest BCUT2D eigenvalue weighted by Gasteiger charge is 2.07. The summed E-state index contributed by atoms with van der Waals surface area (Å²) in [5.41, 5.74) is 0.542. The summed E-state index contributed by atoms with van der Waals surface area (Å²) >= 11 is 3.12. The van der Waals surface area contributed by atoms with Gasteiger partial charge in [-0.15, -0.1) is 0 Å². The second kappa shape index (κ2) is 7.53. The van der Waals surface area contributed by atoms with E-state index >= 15 is 0 Å². The highest BCUT2D eigenvalue weighted by atomic mass is 79.9. The molecule has 0 atom stereocenters. The van der Waals surface area contributed by atoms with Gasteiger partial charge in [0.25, 0.3) is 6.43 Å². The molecule has 0 fully saturated rings. The van der Waals surface area contributed by atoms with E-state index < -0.39 is 18.8 Å². The van der Waals surface area contributed by atoms with Crippen molar-refractivity contribution in [3.63, 3.8) is 0 Å². The fourth-order valence-electron chi connectivity index (χ4n) is 1.39. The first-order chi connectivity index (χ1) is 8.47. The molecule has 0 radical (unpaired) electrons. The number of benzene rings is 1. The highest BCUT2D eigenvalue weighted by molar-refractivity contribution is 9.10. The first kappa shape index (κ1) is 15.2. The van der Waals surface area contributed by atoms with Crippen LogP contribution in [0.25, 0.3) is 0 Å². The van der Waals surface area contributed by atoms with Gasteiger partial charge in [0, 0.05) is 17.3 Å². The predicted octanol–water partition coefficient (Wildman–Crippen LogP) is 3.37. The number of hydrogen-bond donors (Lipinski definition) is 0. The zero-order valence-electron chi connectivity index (χ0n) is 9.47. The number of rotatable bonds is 7. The Morgan fingerprint density at radius 1 is 1.33 bits per heavy atom. The average molecular weight is 325 g/mol. The topological polar surface area (TPSA) is 26.3 Å². The molecule has 0 spiro atoms. The van der Waals surface area contributed by atoms with Crippen LogP contribution < -0.4 is 0 Å². The fraction of sp³-hybridized carbons (Fsp3) is 0.417. The second-order valence-corrected chi connectivity index (χ2v) is 4.62. The molecule has 0 bridgehead atoms. The number of carbonyl (C=O) groups is 1. The number of ether oxygens (including phenoxy) is 1. The Morgan fingerprint density at radius 3 is 2.67 bits per heavy atom. The van der Waals surface area contributed by atoms with Gasteiger partial charge in [0.2, 0.25) is 0 Å². The summed E-state index contributed by atoms with van der Waals surface area (Å²) in [7, 11) is 0. The maximum atomic E-state index is 13.0. The molecule has 1 aromatic rings. The molecule has 6 heteroatoms. The van der Waals surface area contributed by atoms with Crippen LogP contribution >= 0.6 is 15.9 Å². The third kappa shape index (κ3) is 6.16. The molecular formula is C12H12BrF3O2. The molecule has 0 amide bonds. The van der Waals surface area contributed by atoms with Crippen molar-refractivity contribution < 1.29 is 22.7 Å². The molecule has 1 rings (SSSR count). The van der Waals surface area contributed by atoms with E-state index in [-0.39, 0.29) is 25.2 Å². The molecule has 0 N–H and O–H groups in total. The van der Waals surface area contributed by atoms with Crippen LogP contribution in [0.1, 0.15) is 12.0 Å². The Hall–Kier alpha value is -0.880. The number of halogens is 4. The summed E-state index contributed by atoms with van der Waals surface area (Å²) < 4.78 is 41.7. The monoisotopic (exact) mass is 324 g/mol. The Kier molecular flexibility index (Phi) is 6.35. The molecular weight excluding hydrogens is 313 g/mol. The minimum Gasteiger partial charge on any atom is -0.375 e. The molecule has 0 saturated heterocycles. The van der Waals surface area contributed by atoms with E-state index in [0.717, 1.165) is 0 Å². The lowest BCUT2D eigenvalue weighted by molar-refractivity contribution is -0.119. The standard InChI is InChI=1S/C12H12BrF3O2/c13-9-3-8(4-10(14)6-9)5-11(17)1-2-18-7-12(15)16/h3-4,6,12H,1-2,5,7H2. The summed E-state index contributed by atoms with van der Waals surface area (Å²) in [4.78, 5) is 11.5. The van der Waals surface area contributed by atoms with Gasteiger partial charge in [-0.1, -0.05) is 15.9 Å². The van der Waals surface area contributed by atoms with Crippen LogP contribution in [0.3, 0.4) is 0 Å². The quantitative estimate of drug-likeness (QED) is 0.719. The lowest BCUT2D eigenvalue weighted by Crippen LogP contribution is -2.10. The Balaban J connectivity index is 2.35. The Bertz CT molecular complexity index is 390. The van der Waals surface area contributed by atoms with Crippen molar-refractivity contribution in [1.82, 2.24) is 0 Å². The van der Waals surface area contributed by atoms with Gasteiger partial charge in [-0.2, -0.15) is 0 Å². The normalized spacial score (nSPS) is 10.9. The molecule has 0 aliphatic rings. The minimum atomic E-state index is -2.53. The van der Waals surface area contributed by atoms with Gasteiger partial charge >= 0.3 is 0 Å². The maximum absolute atomic E-state index is 13.0. The van der Waals surface area contributed by atoms with Gasteiger partial charge in [-0.05, 0) is 23.8 Å². The summed E-state index contributed by atoms with van der Waals surface area (Å²) in [6.45, 7) is -0.710. The number of carbonyl (C=O) groups excluding carboxylic acids is 1. The van der Waals surface area contributed by atoms with Gasteiger partial charge in [0.15, 0.2) is 0 Å². The van der Waals surface area contributed by atoms with Crippen LogP contribution in [-0.4, -0.2) is 25.4 Å². The molecule has 18 heavy (non-hydrogen) atoms. The Morgan fingerprint density at radius 2 is 2.06 bits per heavy atom. The van der Waals surface area contributed by atoms with E-state index in [0.29, 0.717) is 10.0 Å². The summed E-state index contributed by atoms with van der Waals surface area (Å²) in [5, 5.41) is 0. The lowest BCUT2D eigenvalue weighted by atomic mass is 10.1. The molecule has 1 aromatic carbocycles. The number of alkyl halides is 2. The van der Waals surface area contributed by atoms with Gasteiger partial charge in [0.05, 0.1) is 6.61 Å². The van der Waals surface area contributed by atoms with Gasteiger partial charge < -0.3 is 4.74 Å². The zero-order valence-corrected chi connectivity index (χ0v) is 11.1. The van der Waals surface area contributed by atoms with E-state index in [4.69, 9.17) is 0 Å². The molecule has 0 aliphatic carbocycles. The smallest absolute Gasteiger partial charge is 0.261 e. The van der Waals surface area contributed by atoms with Crippen LogP contribution in [0.15, 0.2) is 22.7 Å². The van der Waals surface area contributed by atoms with E-state index in [1.54, 1.807) is 6.07 Å². The van der Waals surface area contributed by atoms with Crippen molar-refractivity contribution in [2.75, 3.05) is 13.2 Å². The van der Waals surface area contributed by atoms with Crippen molar-refractivity contribution in [3.8, 4) is 0 Å². The molecule has 0 aliphatic heterocycles. The predicted molar refractivity (Wildman–Crippen MR) is 64.3 cm³/mol. The molecule has 0 unspecified atom stereocenters. The SMILES string of the molecule is O=C(CCOCC(F)F)Cc1cc(F)cc(Br)c1. The van der Waals surface area contributed by atoms with Gasteiger partial charge in [-0.25, -0.2) is 13.2 Å². The van der Waals surface area contributed by atoms with Crippen molar-refractivity contribution in [2.24, 2.45) is 0 Å². The molecule has 0 saturated carbocycles. The average Bonchev–Trinajstić information content (AvgIpc) is 2.22. The number of Topliss-reactive ketones (excluding diaryl/α,β-unsaturated/α-hetero) is 1. The minimum absolute atomic E-state index is 0.0420. The molecule has 0 heterocycles. The molecule has 0 aromatic heterocycles. The van der Waals surface area contributed by atoms with E-state index in [9.17, 15) is 18.0 Å². The summed E-state index contributed by atoms with van der Waals surface area (Å²) in [6, 6.07) is 4.20. The van der Waals surface area contributed by atoms with Crippen molar-refractivity contribution in [3.05, 3.63) is 34.1 Å². The van der Waals surface area contributed by atoms with Crippen molar-refractivity contribution in [2.45, 2.75) is 19.3 Å². The van der Waals surface area contributed by atoms with Crippen LogP contribution in [0.2, 0.25) is 0 Å². The van der Waals surface area contributed by atoms with Gasteiger partial charge in [0.1, 0.15) is 18.2 Å². The van der Waals surface area contributed by atoms with Crippen LogP contribution in [0.4, 0.5) is 13.2 Å². The van der Waals surface area contributed by atoms with Crippen molar-refractivity contribution >= 4 is 21.7 Å².